The fraction of sp³-hybridized carbons (Fsp3) is 0.846. The van der Waals surface area contributed by atoms with E-state index in [1.54, 1.807) is 0 Å². The van der Waals surface area contributed by atoms with Crippen molar-refractivity contribution in [2.45, 2.75) is 63.4 Å². The molecule has 19 heavy (non-hydrogen) atoms. The summed E-state index contributed by atoms with van der Waals surface area (Å²) in [6, 6.07) is -0.0116. The first-order valence-electron chi connectivity index (χ1n) is 6.92. The number of hydrogen-bond donors (Lipinski definition) is 2. The summed E-state index contributed by atoms with van der Waals surface area (Å²) in [5.41, 5.74) is 0. The third kappa shape index (κ3) is 3.45. The Morgan fingerprint density at radius 2 is 2.05 bits per heavy atom. The molecule has 2 N–H and O–H groups in total. The average Bonchev–Trinajstić information content (AvgIpc) is 3.05. The monoisotopic (exact) mass is 271 g/mol. The van der Waals surface area contributed by atoms with Gasteiger partial charge in [0.2, 0.25) is 5.91 Å². The van der Waals surface area contributed by atoms with Crippen molar-refractivity contribution in [3.63, 3.8) is 0 Å². The highest BCUT2D eigenvalue weighted by Crippen LogP contribution is 2.22. The Kier molecular flexibility index (Phi) is 4.76. The molecule has 0 saturated carbocycles. The van der Waals surface area contributed by atoms with Gasteiger partial charge in [0.05, 0.1) is 12.1 Å². The quantitative estimate of drug-likeness (QED) is 0.768. The van der Waals surface area contributed by atoms with E-state index >= 15 is 0 Å². The molecule has 4 atom stereocenters. The van der Waals surface area contributed by atoms with Crippen LogP contribution in [0.15, 0.2) is 0 Å². The molecule has 2 aliphatic heterocycles. The van der Waals surface area contributed by atoms with E-state index in [1.807, 2.05) is 6.92 Å². The maximum absolute atomic E-state index is 12.1. The molecule has 6 nitrogen and oxygen atoms in total. The van der Waals surface area contributed by atoms with Gasteiger partial charge in [0.15, 0.2) is 6.10 Å². The van der Waals surface area contributed by atoms with Crippen LogP contribution in [0.5, 0.6) is 0 Å². The Hall–Kier alpha value is -1.14. The number of amides is 1. The van der Waals surface area contributed by atoms with Gasteiger partial charge in [-0.25, -0.2) is 4.79 Å². The van der Waals surface area contributed by atoms with Gasteiger partial charge in [-0.05, 0) is 32.1 Å². The predicted octanol–water partition coefficient (Wildman–Crippen LogP) is 0.692. The molecule has 0 aromatic rings. The predicted molar refractivity (Wildman–Crippen MR) is 66.7 cm³/mol. The van der Waals surface area contributed by atoms with Crippen LogP contribution in [0.4, 0.5) is 0 Å². The maximum atomic E-state index is 12.1. The van der Waals surface area contributed by atoms with Crippen LogP contribution in [0.2, 0.25) is 0 Å². The number of ether oxygens (including phenoxy) is 2. The normalized spacial score (nSPS) is 32.2. The van der Waals surface area contributed by atoms with Crippen LogP contribution in [0.1, 0.15) is 39.0 Å². The molecule has 108 valence electrons. The van der Waals surface area contributed by atoms with Crippen molar-refractivity contribution in [2.24, 2.45) is 0 Å². The smallest absolute Gasteiger partial charge is 0.332 e. The van der Waals surface area contributed by atoms with Gasteiger partial charge in [-0.15, -0.1) is 0 Å². The van der Waals surface area contributed by atoms with Gasteiger partial charge in [-0.2, -0.15) is 0 Å². The summed E-state index contributed by atoms with van der Waals surface area (Å²) in [5, 5.41) is 11.8. The Morgan fingerprint density at radius 3 is 2.58 bits per heavy atom. The molecule has 0 bridgehead atoms. The van der Waals surface area contributed by atoms with E-state index in [0.29, 0.717) is 12.8 Å². The van der Waals surface area contributed by atoms with Crippen LogP contribution in [-0.2, 0) is 19.1 Å². The minimum absolute atomic E-state index is 0.0116. The van der Waals surface area contributed by atoms with Crippen molar-refractivity contribution in [3.8, 4) is 0 Å². The van der Waals surface area contributed by atoms with E-state index in [4.69, 9.17) is 14.6 Å². The molecule has 0 radical (unpaired) electrons. The number of carbonyl (C=O) groups excluding carboxylic acids is 1. The van der Waals surface area contributed by atoms with Crippen molar-refractivity contribution < 1.29 is 24.2 Å². The highest BCUT2D eigenvalue weighted by atomic mass is 16.5. The maximum Gasteiger partial charge on any atom is 0.332 e. The molecular weight excluding hydrogens is 250 g/mol. The van der Waals surface area contributed by atoms with Crippen LogP contribution in [0, 0.1) is 0 Å². The second-order valence-electron chi connectivity index (χ2n) is 5.10. The highest BCUT2D eigenvalue weighted by molar-refractivity contribution is 5.82. The van der Waals surface area contributed by atoms with Gasteiger partial charge in [-0.3, -0.25) is 4.79 Å². The zero-order valence-corrected chi connectivity index (χ0v) is 11.1. The fourth-order valence-electron chi connectivity index (χ4n) is 2.67. The van der Waals surface area contributed by atoms with E-state index in [0.717, 1.165) is 25.9 Å². The summed E-state index contributed by atoms with van der Waals surface area (Å²) in [7, 11) is 0. The van der Waals surface area contributed by atoms with Crippen molar-refractivity contribution in [3.05, 3.63) is 0 Å². The van der Waals surface area contributed by atoms with Gasteiger partial charge < -0.3 is 19.9 Å². The Balaban J connectivity index is 1.84. The van der Waals surface area contributed by atoms with Gasteiger partial charge in [0.1, 0.15) is 6.10 Å². The summed E-state index contributed by atoms with van der Waals surface area (Å²) in [5.74, 6) is -1.22. The lowest BCUT2D eigenvalue weighted by molar-refractivity contribution is -0.152. The number of aliphatic carboxylic acids is 1. The van der Waals surface area contributed by atoms with E-state index in [9.17, 15) is 9.59 Å². The molecule has 0 aromatic carbocycles. The topological polar surface area (TPSA) is 84.9 Å². The fourth-order valence-corrected chi connectivity index (χ4v) is 2.67. The zero-order chi connectivity index (χ0) is 13.8. The Labute approximate surface area is 112 Å². The standard InChI is InChI=1S/C13H21NO5/c1-2-8(9-4-3-7-18-9)14-12(15)10-5-6-11(19-10)13(16)17/h8-11H,2-7H2,1H3,(H,14,15)(H,16,17)/t8?,9?,10-,11+/m0/s1. The van der Waals surface area contributed by atoms with E-state index in [1.165, 1.54) is 0 Å². The van der Waals surface area contributed by atoms with Crippen LogP contribution in [0.25, 0.3) is 0 Å². The molecule has 2 saturated heterocycles. The van der Waals surface area contributed by atoms with Gasteiger partial charge in [0, 0.05) is 6.61 Å². The van der Waals surface area contributed by atoms with Crippen molar-refractivity contribution in [2.75, 3.05) is 6.61 Å². The molecule has 2 heterocycles. The largest absolute Gasteiger partial charge is 0.479 e. The lowest BCUT2D eigenvalue weighted by Crippen LogP contribution is -2.47. The first-order chi connectivity index (χ1) is 9.11. The van der Waals surface area contributed by atoms with Crippen LogP contribution < -0.4 is 5.32 Å². The summed E-state index contributed by atoms with van der Waals surface area (Å²) in [6.45, 7) is 2.75. The molecule has 6 heteroatoms. The van der Waals surface area contributed by atoms with Crippen molar-refractivity contribution in [1.29, 1.82) is 0 Å². The van der Waals surface area contributed by atoms with Gasteiger partial charge in [-0.1, -0.05) is 6.92 Å². The molecule has 1 amide bonds. The van der Waals surface area contributed by atoms with E-state index < -0.39 is 18.2 Å². The molecule has 0 spiro atoms. The minimum Gasteiger partial charge on any atom is -0.479 e. The second kappa shape index (κ2) is 6.34. The Bertz CT molecular complexity index is 340. The van der Waals surface area contributed by atoms with Crippen LogP contribution in [0.3, 0.4) is 0 Å². The first-order valence-corrected chi connectivity index (χ1v) is 6.92. The lowest BCUT2D eigenvalue weighted by Gasteiger charge is -2.24. The molecule has 0 aliphatic carbocycles. The SMILES string of the molecule is CCC(NC(=O)[C@@H]1CC[C@H](C(=O)O)O1)C1CCCO1. The summed E-state index contributed by atoms with van der Waals surface area (Å²) >= 11 is 0. The van der Waals surface area contributed by atoms with E-state index in [2.05, 4.69) is 5.32 Å². The summed E-state index contributed by atoms with van der Waals surface area (Å²) in [6.07, 6.45) is 2.22. The molecule has 0 aromatic heterocycles. The number of nitrogens with one attached hydrogen (secondary N) is 1. The molecular formula is C13H21NO5. The number of hydrogen-bond acceptors (Lipinski definition) is 4. The lowest BCUT2D eigenvalue weighted by atomic mass is 10.0. The van der Waals surface area contributed by atoms with Crippen LogP contribution >= 0.6 is 0 Å². The third-order valence-corrected chi connectivity index (χ3v) is 3.77. The van der Waals surface area contributed by atoms with Gasteiger partial charge in [0.25, 0.3) is 0 Å². The van der Waals surface area contributed by atoms with E-state index in [-0.39, 0.29) is 18.1 Å². The molecule has 2 aliphatic rings. The van der Waals surface area contributed by atoms with Gasteiger partial charge >= 0.3 is 5.97 Å². The minimum atomic E-state index is -0.999. The summed E-state index contributed by atoms with van der Waals surface area (Å²) in [4.78, 5) is 22.8. The number of carboxylic acids is 1. The van der Waals surface area contributed by atoms with Crippen molar-refractivity contribution in [1.82, 2.24) is 5.32 Å². The average molecular weight is 271 g/mol. The van der Waals surface area contributed by atoms with Crippen molar-refractivity contribution >= 4 is 11.9 Å². The zero-order valence-electron chi connectivity index (χ0n) is 11.1. The third-order valence-electron chi connectivity index (χ3n) is 3.77. The summed E-state index contributed by atoms with van der Waals surface area (Å²) < 4.78 is 10.8. The number of carbonyl (C=O) groups is 2. The first kappa shape index (κ1) is 14.3. The molecule has 2 unspecified atom stereocenters. The Morgan fingerprint density at radius 1 is 1.32 bits per heavy atom. The highest BCUT2D eigenvalue weighted by Gasteiger charge is 2.36. The number of carboxylic acid groups (broad SMARTS) is 1. The molecule has 2 fully saturated rings. The molecule has 2 rings (SSSR count). The second-order valence-corrected chi connectivity index (χ2v) is 5.10. The number of rotatable bonds is 5. The van der Waals surface area contributed by atoms with Crippen LogP contribution in [-0.4, -0.2) is 47.9 Å².